The van der Waals surface area contributed by atoms with Crippen LogP contribution in [0.2, 0.25) is 0 Å². The van der Waals surface area contributed by atoms with Gasteiger partial charge in [0.15, 0.2) is 0 Å². The first-order chi connectivity index (χ1) is 8.99. The minimum absolute atomic E-state index is 0.0113. The van der Waals surface area contributed by atoms with Crippen molar-refractivity contribution >= 4 is 0 Å². The van der Waals surface area contributed by atoms with Gasteiger partial charge >= 0.3 is 0 Å². The third-order valence-electron chi connectivity index (χ3n) is 2.98. The number of benzene rings is 1. The lowest BCUT2D eigenvalue weighted by Gasteiger charge is -2.19. The van der Waals surface area contributed by atoms with Gasteiger partial charge in [0.2, 0.25) is 0 Å². The van der Waals surface area contributed by atoms with Crippen LogP contribution in [0.4, 0.5) is 0 Å². The van der Waals surface area contributed by atoms with E-state index in [1.54, 1.807) is 6.07 Å². The Morgan fingerprint density at radius 3 is 2.32 bits per heavy atom. The SMILES string of the molecule is CC=CC(C)Oc1cc(C)cc(O)c1C(C)C=CC. The average Bonchev–Trinajstić information content (AvgIpc) is 2.28. The second kappa shape index (κ2) is 7.03. The molecule has 1 aromatic carbocycles. The van der Waals surface area contributed by atoms with Crippen LogP contribution in [-0.4, -0.2) is 11.2 Å². The quantitative estimate of drug-likeness (QED) is 0.776. The van der Waals surface area contributed by atoms with Crippen molar-refractivity contribution in [3.05, 3.63) is 47.6 Å². The van der Waals surface area contributed by atoms with Crippen LogP contribution in [0.3, 0.4) is 0 Å². The van der Waals surface area contributed by atoms with Crippen molar-refractivity contribution < 1.29 is 9.84 Å². The minimum atomic E-state index is -0.0113. The molecular formula is C17H24O2. The van der Waals surface area contributed by atoms with Crippen molar-refractivity contribution in [2.45, 2.75) is 46.6 Å². The predicted molar refractivity (Wildman–Crippen MR) is 81.0 cm³/mol. The number of allylic oxidation sites excluding steroid dienone is 3. The summed E-state index contributed by atoms with van der Waals surface area (Å²) >= 11 is 0. The summed E-state index contributed by atoms with van der Waals surface area (Å²) in [4.78, 5) is 0. The van der Waals surface area contributed by atoms with Gasteiger partial charge < -0.3 is 9.84 Å². The zero-order valence-corrected chi connectivity index (χ0v) is 12.5. The van der Waals surface area contributed by atoms with E-state index in [1.807, 2.05) is 52.0 Å². The van der Waals surface area contributed by atoms with Crippen LogP contribution in [0.15, 0.2) is 36.4 Å². The first-order valence-corrected chi connectivity index (χ1v) is 6.75. The Labute approximate surface area is 116 Å². The van der Waals surface area contributed by atoms with E-state index in [-0.39, 0.29) is 12.0 Å². The Kier molecular flexibility index (Phi) is 5.68. The summed E-state index contributed by atoms with van der Waals surface area (Å²) in [5, 5.41) is 10.2. The Balaban J connectivity index is 3.19. The molecule has 0 aliphatic rings. The fourth-order valence-electron chi connectivity index (χ4n) is 2.20. The maximum absolute atomic E-state index is 10.2. The second-order valence-electron chi connectivity index (χ2n) is 4.86. The molecule has 2 atom stereocenters. The van der Waals surface area contributed by atoms with E-state index in [1.165, 1.54) is 0 Å². The highest BCUT2D eigenvalue weighted by molar-refractivity contribution is 5.50. The molecule has 0 heterocycles. The highest BCUT2D eigenvalue weighted by Crippen LogP contribution is 2.37. The maximum atomic E-state index is 10.2. The molecule has 19 heavy (non-hydrogen) atoms. The molecule has 0 fully saturated rings. The number of hydrogen-bond donors (Lipinski definition) is 1. The molecule has 0 aromatic heterocycles. The van der Waals surface area contributed by atoms with E-state index in [9.17, 15) is 5.11 Å². The van der Waals surface area contributed by atoms with E-state index in [2.05, 4.69) is 13.0 Å². The van der Waals surface area contributed by atoms with Gasteiger partial charge in [0.25, 0.3) is 0 Å². The number of phenolic OH excluding ortho intramolecular Hbond substituents is 1. The Morgan fingerprint density at radius 1 is 1.11 bits per heavy atom. The summed E-state index contributed by atoms with van der Waals surface area (Å²) in [5.74, 6) is 1.18. The standard InChI is InChI=1S/C17H24O2/c1-6-8-13(4)17-15(18)10-12(3)11-16(17)19-14(5)9-7-2/h6-11,13-14,18H,1-5H3. The number of rotatable bonds is 5. The van der Waals surface area contributed by atoms with Gasteiger partial charge in [-0.25, -0.2) is 0 Å². The molecule has 0 amide bonds. The fraction of sp³-hybridized carbons (Fsp3) is 0.412. The molecule has 104 valence electrons. The molecule has 2 unspecified atom stereocenters. The average molecular weight is 260 g/mol. The molecular weight excluding hydrogens is 236 g/mol. The van der Waals surface area contributed by atoms with E-state index in [0.29, 0.717) is 5.75 Å². The Morgan fingerprint density at radius 2 is 1.74 bits per heavy atom. The summed E-state index contributed by atoms with van der Waals surface area (Å²) in [6, 6.07) is 3.76. The summed E-state index contributed by atoms with van der Waals surface area (Å²) in [6.45, 7) is 9.94. The monoisotopic (exact) mass is 260 g/mol. The van der Waals surface area contributed by atoms with Crippen LogP contribution in [-0.2, 0) is 0 Å². The highest BCUT2D eigenvalue weighted by atomic mass is 16.5. The van der Waals surface area contributed by atoms with Gasteiger partial charge in [-0.05, 0) is 51.5 Å². The van der Waals surface area contributed by atoms with Gasteiger partial charge in [-0.15, -0.1) is 0 Å². The van der Waals surface area contributed by atoms with Crippen LogP contribution in [0.5, 0.6) is 11.5 Å². The maximum Gasteiger partial charge on any atom is 0.127 e. The molecule has 0 saturated carbocycles. The van der Waals surface area contributed by atoms with Crippen molar-refractivity contribution in [1.82, 2.24) is 0 Å². The molecule has 2 heteroatoms. The summed E-state index contributed by atoms with van der Waals surface area (Å²) in [6.07, 6.45) is 7.99. The summed E-state index contributed by atoms with van der Waals surface area (Å²) < 4.78 is 5.93. The van der Waals surface area contributed by atoms with Crippen LogP contribution in [0.1, 0.15) is 44.7 Å². The number of ether oxygens (including phenoxy) is 1. The Bertz CT molecular complexity index is 472. The molecule has 0 bridgehead atoms. The van der Waals surface area contributed by atoms with Gasteiger partial charge in [-0.1, -0.05) is 25.2 Å². The third kappa shape index (κ3) is 4.16. The number of aryl methyl sites for hydroxylation is 1. The zero-order chi connectivity index (χ0) is 14.4. The van der Waals surface area contributed by atoms with Crippen molar-refractivity contribution in [3.8, 4) is 11.5 Å². The molecule has 0 aliphatic heterocycles. The number of aromatic hydroxyl groups is 1. The van der Waals surface area contributed by atoms with Crippen molar-refractivity contribution in [1.29, 1.82) is 0 Å². The summed E-state index contributed by atoms with van der Waals surface area (Å²) in [5.41, 5.74) is 1.84. The molecule has 1 rings (SSSR count). The van der Waals surface area contributed by atoms with Crippen LogP contribution < -0.4 is 4.74 Å². The van der Waals surface area contributed by atoms with Gasteiger partial charge in [0.1, 0.15) is 17.6 Å². The normalized spacial score (nSPS) is 15.0. The van der Waals surface area contributed by atoms with E-state index in [0.717, 1.165) is 16.9 Å². The summed E-state index contributed by atoms with van der Waals surface area (Å²) in [7, 11) is 0. The molecule has 1 aromatic rings. The smallest absolute Gasteiger partial charge is 0.127 e. The lowest BCUT2D eigenvalue weighted by Crippen LogP contribution is -2.10. The third-order valence-corrected chi connectivity index (χ3v) is 2.98. The minimum Gasteiger partial charge on any atom is -0.507 e. The lowest BCUT2D eigenvalue weighted by atomic mass is 9.97. The van der Waals surface area contributed by atoms with Gasteiger partial charge in [0, 0.05) is 11.5 Å². The van der Waals surface area contributed by atoms with Crippen LogP contribution >= 0.6 is 0 Å². The van der Waals surface area contributed by atoms with Crippen molar-refractivity contribution in [3.63, 3.8) is 0 Å². The van der Waals surface area contributed by atoms with Crippen LogP contribution in [0.25, 0.3) is 0 Å². The highest BCUT2D eigenvalue weighted by Gasteiger charge is 2.16. The van der Waals surface area contributed by atoms with Crippen LogP contribution in [0, 0.1) is 6.92 Å². The molecule has 2 nitrogen and oxygen atoms in total. The predicted octanol–water partition coefficient (Wildman–Crippen LogP) is 4.72. The van der Waals surface area contributed by atoms with E-state index in [4.69, 9.17) is 4.74 Å². The first kappa shape index (κ1) is 15.4. The van der Waals surface area contributed by atoms with Crippen molar-refractivity contribution in [2.24, 2.45) is 0 Å². The van der Waals surface area contributed by atoms with Gasteiger partial charge in [-0.3, -0.25) is 0 Å². The number of phenols is 1. The number of hydrogen-bond acceptors (Lipinski definition) is 2. The topological polar surface area (TPSA) is 29.5 Å². The van der Waals surface area contributed by atoms with Gasteiger partial charge in [0.05, 0.1) is 0 Å². The molecule has 0 aliphatic carbocycles. The molecule has 0 radical (unpaired) electrons. The zero-order valence-electron chi connectivity index (χ0n) is 12.5. The molecule has 0 spiro atoms. The largest absolute Gasteiger partial charge is 0.507 e. The first-order valence-electron chi connectivity index (χ1n) is 6.75. The van der Waals surface area contributed by atoms with Gasteiger partial charge in [-0.2, -0.15) is 0 Å². The second-order valence-corrected chi connectivity index (χ2v) is 4.86. The fourth-order valence-corrected chi connectivity index (χ4v) is 2.20. The Hall–Kier alpha value is -1.70. The van der Waals surface area contributed by atoms with E-state index >= 15 is 0 Å². The molecule has 0 saturated heterocycles. The lowest BCUT2D eigenvalue weighted by molar-refractivity contribution is 0.264. The van der Waals surface area contributed by atoms with Crippen molar-refractivity contribution in [2.75, 3.05) is 0 Å². The van der Waals surface area contributed by atoms with E-state index < -0.39 is 0 Å². The molecule has 1 N–H and O–H groups in total.